The predicted octanol–water partition coefficient (Wildman–Crippen LogP) is 3.91. The van der Waals surface area contributed by atoms with E-state index in [9.17, 15) is 9.90 Å². The van der Waals surface area contributed by atoms with E-state index < -0.39 is 5.97 Å². The average molecular weight is 252 g/mol. The molecule has 19 heavy (non-hydrogen) atoms. The molecule has 96 valence electrons. The van der Waals surface area contributed by atoms with Gasteiger partial charge < -0.3 is 5.11 Å². The van der Waals surface area contributed by atoms with Crippen LogP contribution in [0.25, 0.3) is 11.1 Å². The molecule has 2 aromatic carbocycles. The Kier molecular flexibility index (Phi) is 2.86. The fourth-order valence-electron chi connectivity index (χ4n) is 3.18. The molecule has 2 heteroatoms. The van der Waals surface area contributed by atoms with E-state index in [4.69, 9.17) is 0 Å². The van der Waals surface area contributed by atoms with Crippen LogP contribution in [0.5, 0.6) is 0 Å². The van der Waals surface area contributed by atoms with Gasteiger partial charge in [-0.05, 0) is 28.7 Å². The van der Waals surface area contributed by atoms with E-state index in [0.29, 0.717) is 6.42 Å². The highest BCUT2D eigenvalue weighted by Crippen LogP contribution is 2.48. The Hall–Kier alpha value is -2.09. The van der Waals surface area contributed by atoms with Crippen molar-refractivity contribution in [3.05, 3.63) is 59.7 Å². The van der Waals surface area contributed by atoms with Gasteiger partial charge in [-0.25, -0.2) is 0 Å². The molecule has 0 aliphatic heterocycles. The summed E-state index contributed by atoms with van der Waals surface area (Å²) in [6.07, 6.45) is 0.642. The highest BCUT2D eigenvalue weighted by atomic mass is 16.4. The van der Waals surface area contributed by atoms with E-state index >= 15 is 0 Å². The third-order valence-electron chi connectivity index (χ3n) is 4.04. The lowest BCUT2D eigenvalue weighted by Gasteiger charge is -2.20. The largest absolute Gasteiger partial charge is 0.481 e. The zero-order chi connectivity index (χ0) is 13.4. The first-order chi connectivity index (χ1) is 9.24. The van der Waals surface area contributed by atoms with E-state index in [2.05, 4.69) is 24.3 Å². The van der Waals surface area contributed by atoms with Crippen molar-refractivity contribution in [2.75, 3.05) is 0 Å². The highest BCUT2D eigenvalue weighted by molar-refractivity contribution is 5.82. The minimum atomic E-state index is -0.709. The molecular weight excluding hydrogens is 236 g/mol. The zero-order valence-corrected chi connectivity index (χ0v) is 10.8. The second kappa shape index (κ2) is 4.54. The lowest BCUT2D eigenvalue weighted by molar-refractivity contribution is -0.142. The lowest BCUT2D eigenvalue weighted by Crippen LogP contribution is -2.20. The summed E-state index contributed by atoms with van der Waals surface area (Å²) >= 11 is 0. The van der Waals surface area contributed by atoms with E-state index in [1.165, 1.54) is 11.1 Å². The number of hydrogen-bond donors (Lipinski definition) is 1. The molecular formula is C17H16O2. The van der Waals surface area contributed by atoms with Gasteiger partial charge in [0.25, 0.3) is 0 Å². The first-order valence-electron chi connectivity index (χ1n) is 6.65. The second-order valence-corrected chi connectivity index (χ2v) is 5.01. The fourth-order valence-corrected chi connectivity index (χ4v) is 3.18. The molecule has 3 rings (SSSR count). The van der Waals surface area contributed by atoms with Gasteiger partial charge in [0.2, 0.25) is 0 Å². The van der Waals surface area contributed by atoms with Gasteiger partial charge in [-0.2, -0.15) is 0 Å². The molecule has 1 atom stereocenters. The molecule has 1 N–H and O–H groups in total. The highest BCUT2D eigenvalue weighted by Gasteiger charge is 2.36. The topological polar surface area (TPSA) is 37.3 Å². The molecule has 0 fully saturated rings. The summed E-state index contributed by atoms with van der Waals surface area (Å²) in [5, 5.41) is 9.48. The van der Waals surface area contributed by atoms with Crippen molar-refractivity contribution in [1.29, 1.82) is 0 Å². The van der Waals surface area contributed by atoms with Crippen molar-refractivity contribution in [3.8, 4) is 11.1 Å². The zero-order valence-electron chi connectivity index (χ0n) is 10.8. The van der Waals surface area contributed by atoms with Crippen LogP contribution in [0, 0.1) is 5.92 Å². The second-order valence-electron chi connectivity index (χ2n) is 5.01. The third kappa shape index (κ3) is 1.75. The van der Waals surface area contributed by atoms with Crippen LogP contribution in [0.3, 0.4) is 0 Å². The van der Waals surface area contributed by atoms with E-state index in [0.717, 1.165) is 11.1 Å². The van der Waals surface area contributed by atoms with Crippen LogP contribution >= 0.6 is 0 Å². The number of rotatable bonds is 3. The van der Waals surface area contributed by atoms with Crippen LogP contribution in [0.1, 0.15) is 30.4 Å². The number of carbonyl (C=O) groups is 1. The molecule has 0 amide bonds. The number of hydrogen-bond acceptors (Lipinski definition) is 1. The number of carboxylic acid groups (broad SMARTS) is 1. The van der Waals surface area contributed by atoms with Gasteiger partial charge in [0.1, 0.15) is 0 Å². The molecule has 1 aliphatic carbocycles. The quantitative estimate of drug-likeness (QED) is 0.899. The normalized spacial score (nSPS) is 14.8. The summed E-state index contributed by atoms with van der Waals surface area (Å²) in [6.45, 7) is 1.95. The van der Waals surface area contributed by atoms with Crippen LogP contribution in [-0.2, 0) is 4.79 Å². The molecule has 0 bridgehead atoms. The predicted molar refractivity (Wildman–Crippen MR) is 75.1 cm³/mol. The maximum atomic E-state index is 11.5. The van der Waals surface area contributed by atoms with Gasteiger partial charge in [0, 0.05) is 5.92 Å². The minimum Gasteiger partial charge on any atom is -0.481 e. The van der Waals surface area contributed by atoms with Crippen molar-refractivity contribution in [2.45, 2.75) is 19.3 Å². The Morgan fingerprint density at radius 1 is 1.05 bits per heavy atom. The Balaban J connectivity index is 2.22. The summed E-state index contributed by atoms with van der Waals surface area (Å²) in [4.78, 5) is 11.5. The van der Waals surface area contributed by atoms with Crippen molar-refractivity contribution >= 4 is 5.97 Å². The minimum absolute atomic E-state index is 0.0186. The molecule has 0 aromatic heterocycles. The molecule has 2 nitrogen and oxygen atoms in total. The smallest absolute Gasteiger partial charge is 0.307 e. The maximum Gasteiger partial charge on any atom is 0.307 e. The van der Waals surface area contributed by atoms with Crippen molar-refractivity contribution in [1.82, 2.24) is 0 Å². The van der Waals surface area contributed by atoms with Crippen LogP contribution in [0.2, 0.25) is 0 Å². The molecule has 0 spiro atoms. The van der Waals surface area contributed by atoms with Crippen LogP contribution in [0.4, 0.5) is 0 Å². The third-order valence-corrected chi connectivity index (χ3v) is 4.04. The number of fused-ring (bicyclic) bond motifs is 3. The maximum absolute atomic E-state index is 11.5. The summed E-state index contributed by atoms with van der Waals surface area (Å²) in [7, 11) is 0. The van der Waals surface area contributed by atoms with Crippen LogP contribution in [-0.4, -0.2) is 11.1 Å². The van der Waals surface area contributed by atoms with Gasteiger partial charge in [0.15, 0.2) is 0 Å². The van der Waals surface area contributed by atoms with Crippen LogP contribution in [0.15, 0.2) is 48.5 Å². The average Bonchev–Trinajstić information content (AvgIpc) is 2.75. The molecule has 1 unspecified atom stereocenters. The van der Waals surface area contributed by atoms with E-state index in [-0.39, 0.29) is 11.8 Å². The van der Waals surface area contributed by atoms with Gasteiger partial charge in [0.05, 0.1) is 5.92 Å². The first kappa shape index (κ1) is 12.0. The van der Waals surface area contributed by atoms with Crippen molar-refractivity contribution < 1.29 is 9.90 Å². The molecule has 1 aliphatic rings. The SMILES string of the molecule is CCC(C(=O)O)C1c2ccccc2-c2ccccc21. The molecule has 0 radical (unpaired) electrons. The molecule has 0 saturated heterocycles. The number of aliphatic carboxylic acids is 1. The Bertz CT molecular complexity index is 585. The van der Waals surface area contributed by atoms with Gasteiger partial charge in [-0.3, -0.25) is 4.79 Å². The summed E-state index contributed by atoms with van der Waals surface area (Å²) in [5.41, 5.74) is 4.67. The molecule has 0 heterocycles. The van der Waals surface area contributed by atoms with Crippen molar-refractivity contribution in [3.63, 3.8) is 0 Å². The lowest BCUT2D eigenvalue weighted by atomic mass is 9.83. The van der Waals surface area contributed by atoms with Gasteiger partial charge in [-0.1, -0.05) is 55.5 Å². The summed E-state index contributed by atoms with van der Waals surface area (Å²) in [5.74, 6) is -1.08. The van der Waals surface area contributed by atoms with Crippen LogP contribution < -0.4 is 0 Å². The van der Waals surface area contributed by atoms with Gasteiger partial charge in [-0.15, -0.1) is 0 Å². The molecule has 2 aromatic rings. The monoisotopic (exact) mass is 252 g/mol. The Morgan fingerprint density at radius 2 is 1.53 bits per heavy atom. The number of carboxylic acids is 1. The van der Waals surface area contributed by atoms with Gasteiger partial charge >= 0.3 is 5.97 Å². The Morgan fingerprint density at radius 3 is 1.95 bits per heavy atom. The standard InChI is InChI=1S/C17H16O2/c1-2-11(17(18)19)16-14-9-5-3-7-12(14)13-8-4-6-10-15(13)16/h3-11,16H,2H2,1H3,(H,18,19). The first-order valence-corrected chi connectivity index (χ1v) is 6.65. The number of benzene rings is 2. The van der Waals surface area contributed by atoms with E-state index in [1.54, 1.807) is 0 Å². The van der Waals surface area contributed by atoms with Crippen molar-refractivity contribution in [2.24, 2.45) is 5.92 Å². The fraction of sp³-hybridized carbons (Fsp3) is 0.235. The summed E-state index contributed by atoms with van der Waals surface area (Å²) in [6, 6.07) is 16.3. The molecule has 0 saturated carbocycles. The Labute approximate surface area is 112 Å². The van der Waals surface area contributed by atoms with E-state index in [1.807, 2.05) is 31.2 Å². The summed E-state index contributed by atoms with van der Waals surface area (Å²) < 4.78 is 0.